The van der Waals surface area contributed by atoms with E-state index in [9.17, 15) is 4.79 Å². The lowest BCUT2D eigenvalue weighted by molar-refractivity contribution is -0.122. The molecule has 0 spiro atoms. The van der Waals surface area contributed by atoms with Gasteiger partial charge < -0.3 is 5.32 Å². The molecule has 0 aliphatic carbocycles. The Morgan fingerprint density at radius 3 is 3.05 bits per heavy atom. The second-order valence-electron chi connectivity index (χ2n) is 5.86. The smallest absolute Gasteiger partial charge is 0.234 e. The van der Waals surface area contributed by atoms with Crippen LogP contribution in [0.4, 0.5) is 0 Å². The number of hydrogen-bond acceptors (Lipinski definition) is 3. The van der Waals surface area contributed by atoms with Crippen molar-refractivity contribution >= 4 is 17.2 Å². The zero-order valence-corrected chi connectivity index (χ0v) is 13.8. The van der Waals surface area contributed by atoms with Crippen LogP contribution in [0.15, 0.2) is 35.7 Å². The minimum Gasteiger partial charge on any atom is -0.355 e. The van der Waals surface area contributed by atoms with E-state index in [0.717, 1.165) is 25.9 Å². The summed E-state index contributed by atoms with van der Waals surface area (Å²) in [4.78, 5) is 15.8. The molecule has 0 radical (unpaired) electrons. The minimum atomic E-state index is 0.132. The van der Waals surface area contributed by atoms with Crippen LogP contribution in [0.3, 0.4) is 0 Å². The maximum absolute atomic E-state index is 12.1. The quantitative estimate of drug-likeness (QED) is 0.920. The van der Waals surface area contributed by atoms with E-state index in [2.05, 4.69) is 46.8 Å². The normalized spacial score (nSPS) is 14.6. The maximum Gasteiger partial charge on any atom is 0.234 e. The highest BCUT2D eigenvalue weighted by Gasteiger charge is 2.18. The van der Waals surface area contributed by atoms with Crippen molar-refractivity contribution in [3.05, 3.63) is 57.3 Å². The van der Waals surface area contributed by atoms with Crippen molar-refractivity contribution in [2.75, 3.05) is 19.6 Å². The topological polar surface area (TPSA) is 32.3 Å². The average Bonchev–Trinajstić information content (AvgIpc) is 2.97. The van der Waals surface area contributed by atoms with Crippen LogP contribution in [0, 0.1) is 6.92 Å². The number of rotatable bonds is 5. The van der Waals surface area contributed by atoms with Crippen LogP contribution in [0.5, 0.6) is 0 Å². The van der Waals surface area contributed by atoms with Crippen molar-refractivity contribution < 1.29 is 4.79 Å². The Bertz CT molecular complexity index is 650. The highest BCUT2D eigenvalue weighted by Crippen LogP contribution is 2.23. The maximum atomic E-state index is 12.1. The fourth-order valence-electron chi connectivity index (χ4n) is 2.93. The molecule has 0 saturated heterocycles. The molecule has 1 aromatic heterocycles. The molecular formula is C18H22N2OS. The highest BCUT2D eigenvalue weighted by molar-refractivity contribution is 7.10. The Hall–Kier alpha value is -1.65. The number of thiophene rings is 1. The Morgan fingerprint density at radius 1 is 1.32 bits per heavy atom. The summed E-state index contributed by atoms with van der Waals surface area (Å²) in [5.74, 6) is 0.132. The molecular weight excluding hydrogens is 292 g/mol. The van der Waals surface area contributed by atoms with E-state index < -0.39 is 0 Å². The first-order valence-corrected chi connectivity index (χ1v) is 8.69. The zero-order valence-electron chi connectivity index (χ0n) is 13.0. The molecule has 22 heavy (non-hydrogen) atoms. The number of aryl methyl sites for hydroxylation is 1. The summed E-state index contributed by atoms with van der Waals surface area (Å²) < 4.78 is 0. The number of carbonyl (C=O) groups excluding carboxylic acids is 1. The molecule has 1 N–H and O–H groups in total. The van der Waals surface area contributed by atoms with E-state index in [0.29, 0.717) is 13.1 Å². The second-order valence-corrected chi connectivity index (χ2v) is 6.86. The van der Waals surface area contributed by atoms with Gasteiger partial charge in [-0.3, -0.25) is 9.69 Å². The number of carbonyl (C=O) groups is 1. The van der Waals surface area contributed by atoms with Gasteiger partial charge in [-0.1, -0.05) is 24.3 Å². The Labute approximate surface area is 136 Å². The third-order valence-corrected chi connectivity index (χ3v) is 5.25. The lowest BCUT2D eigenvalue weighted by Gasteiger charge is -2.26. The van der Waals surface area contributed by atoms with Crippen LogP contribution < -0.4 is 5.32 Å². The summed E-state index contributed by atoms with van der Waals surface area (Å²) in [7, 11) is 0. The first-order valence-electron chi connectivity index (χ1n) is 7.81. The van der Waals surface area contributed by atoms with Crippen molar-refractivity contribution in [2.45, 2.75) is 26.3 Å². The standard InChI is InChI=1S/C18H22N2OS/c1-14-4-2-3-5-15(14)6-9-19-18(21)13-20-10-7-17-16(12-20)8-11-22-17/h2-5,8,11H,6-7,9-10,12-13H2,1H3,(H,19,21). The molecule has 1 aliphatic rings. The predicted molar refractivity (Wildman–Crippen MR) is 91.2 cm³/mol. The van der Waals surface area contributed by atoms with Gasteiger partial charge in [0.2, 0.25) is 5.91 Å². The SMILES string of the molecule is Cc1ccccc1CCNC(=O)CN1CCc2sccc2C1. The predicted octanol–water partition coefficient (Wildman–Crippen LogP) is 2.77. The Balaban J connectivity index is 1.43. The molecule has 3 nitrogen and oxygen atoms in total. The summed E-state index contributed by atoms with van der Waals surface area (Å²) in [6, 6.07) is 10.5. The highest BCUT2D eigenvalue weighted by atomic mass is 32.1. The van der Waals surface area contributed by atoms with Gasteiger partial charge in [0.25, 0.3) is 0 Å². The molecule has 2 aromatic rings. The van der Waals surface area contributed by atoms with Crippen molar-refractivity contribution in [3.63, 3.8) is 0 Å². The Kier molecular flexibility index (Phi) is 4.90. The van der Waals surface area contributed by atoms with Crippen molar-refractivity contribution in [1.29, 1.82) is 0 Å². The molecule has 0 atom stereocenters. The number of nitrogens with one attached hydrogen (secondary N) is 1. The van der Waals surface area contributed by atoms with Crippen molar-refractivity contribution in [3.8, 4) is 0 Å². The summed E-state index contributed by atoms with van der Waals surface area (Å²) in [5, 5.41) is 5.19. The number of fused-ring (bicyclic) bond motifs is 1. The van der Waals surface area contributed by atoms with Crippen LogP contribution >= 0.6 is 11.3 Å². The third-order valence-electron chi connectivity index (χ3n) is 4.23. The van der Waals surface area contributed by atoms with E-state index in [-0.39, 0.29) is 5.91 Å². The van der Waals surface area contributed by atoms with Gasteiger partial charge in [0.05, 0.1) is 6.54 Å². The second kappa shape index (κ2) is 7.07. The average molecular weight is 314 g/mol. The van der Waals surface area contributed by atoms with Crippen LogP contribution in [0.2, 0.25) is 0 Å². The van der Waals surface area contributed by atoms with Crippen LogP contribution in [-0.4, -0.2) is 30.4 Å². The lowest BCUT2D eigenvalue weighted by atomic mass is 10.1. The van der Waals surface area contributed by atoms with Crippen LogP contribution in [-0.2, 0) is 24.2 Å². The molecule has 2 heterocycles. The summed E-state index contributed by atoms with van der Waals surface area (Å²) in [6.45, 7) is 5.22. The van der Waals surface area contributed by atoms with Gasteiger partial charge in [-0.05, 0) is 47.9 Å². The molecule has 1 aliphatic heterocycles. The largest absolute Gasteiger partial charge is 0.355 e. The molecule has 0 unspecified atom stereocenters. The van der Waals surface area contributed by atoms with Crippen molar-refractivity contribution in [2.24, 2.45) is 0 Å². The molecule has 1 aromatic carbocycles. The van der Waals surface area contributed by atoms with Gasteiger partial charge in [0.15, 0.2) is 0 Å². The van der Waals surface area contributed by atoms with E-state index in [1.54, 1.807) is 0 Å². The number of benzene rings is 1. The zero-order chi connectivity index (χ0) is 15.4. The van der Waals surface area contributed by atoms with Crippen LogP contribution in [0.25, 0.3) is 0 Å². The fourth-order valence-corrected chi connectivity index (χ4v) is 3.82. The molecule has 1 amide bonds. The van der Waals surface area contributed by atoms with E-state index >= 15 is 0 Å². The van der Waals surface area contributed by atoms with Gasteiger partial charge >= 0.3 is 0 Å². The van der Waals surface area contributed by atoms with E-state index in [4.69, 9.17) is 0 Å². The monoisotopic (exact) mass is 314 g/mol. The molecule has 0 fully saturated rings. The summed E-state index contributed by atoms with van der Waals surface area (Å²) >= 11 is 1.83. The number of amides is 1. The summed E-state index contributed by atoms with van der Waals surface area (Å²) in [6.07, 6.45) is 1.97. The minimum absolute atomic E-state index is 0.132. The molecule has 0 saturated carbocycles. The van der Waals surface area contributed by atoms with Gasteiger partial charge in [0, 0.05) is 24.5 Å². The van der Waals surface area contributed by atoms with Crippen molar-refractivity contribution in [1.82, 2.24) is 10.2 Å². The fraction of sp³-hybridized carbons (Fsp3) is 0.389. The molecule has 0 bridgehead atoms. The Morgan fingerprint density at radius 2 is 2.18 bits per heavy atom. The molecule has 116 valence electrons. The number of hydrogen-bond donors (Lipinski definition) is 1. The summed E-state index contributed by atoms with van der Waals surface area (Å²) in [5.41, 5.74) is 3.99. The number of nitrogens with zero attached hydrogens (tertiary/aromatic N) is 1. The van der Waals surface area contributed by atoms with Gasteiger partial charge in [-0.25, -0.2) is 0 Å². The van der Waals surface area contributed by atoms with Crippen LogP contribution in [0.1, 0.15) is 21.6 Å². The van der Waals surface area contributed by atoms with E-state index in [1.807, 2.05) is 17.4 Å². The molecule has 3 rings (SSSR count). The van der Waals surface area contributed by atoms with Gasteiger partial charge in [0.1, 0.15) is 0 Å². The van der Waals surface area contributed by atoms with Gasteiger partial charge in [-0.15, -0.1) is 11.3 Å². The lowest BCUT2D eigenvalue weighted by Crippen LogP contribution is -2.40. The third kappa shape index (κ3) is 3.76. The first kappa shape index (κ1) is 15.3. The van der Waals surface area contributed by atoms with Gasteiger partial charge in [-0.2, -0.15) is 0 Å². The molecule has 4 heteroatoms. The van der Waals surface area contributed by atoms with E-state index in [1.165, 1.54) is 21.6 Å². The first-order chi connectivity index (χ1) is 10.7.